The molecule has 0 atom stereocenters. The predicted octanol–water partition coefficient (Wildman–Crippen LogP) is 2.00. The van der Waals surface area contributed by atoms with Gasteiger partial charge in [-0.3, -0.25) is 0 Å². The maximum absolute atomic E-state index is 10.8. The van der Waals surface area contributed by atoms with Crippen LogP contribution in [0.15, 0.2) is 22.6 Å². The van der Waals surface area contributed by atoms with Gasteiger partial charge in [-0.1, -0.05) is 0 Å². The van der Waals surface area contributed by atoms with E-state index in [-0.39, 0.29) is 11.6 Å². The van der Waals surface area contributed by atoms with Gasteiger partial charge in [0.25, 0.3) is 0 Å². The third-order valence-electron chi connectivity index (χ3n) is 2.29. The quantitative estimate of drug-likeness (QED) is 0.859. The minimum Gasteiger partial charge on any atom is -0.477 e. The van der Waals surface area contributed by atoms with Crippen LogP contribution >= 0.6 is 0 Å². The Morgan fingerprint density at radius 3 is 2.78 bits per heavy atom. The first-order chi connectivity index (χ1) is 8.54. The smallest absolute Gasteiger partial charge is 0.354 e. The molecule has 0 aromatic carbocycles. The molecule has 2 N–H and O–H groups in total. The molecule has 0 aliphatic rings. The average Bonchev–Trinajstić information content (AvgIpc) is 2.72. The molecule has 2 aromatic heterocycles. The van der Waals surface area contributed by atoms with E-state index >= 15 is 0 Å². The van der Waals surface area contributed by atoms with Crippen molar-refractivity contribution >= 4 is 11.9 Å². The van der Waals surface area contributed by atoms with Gasteiger partial charge in [0.05, 0.1) is 6.54 Å². The number of nitrogens with one attached hydrogen (secondary N) is 1. The number of hydrogen-bond donors (Lipinski definition) is 2. The molecule has 2 aromatic rings. The van der Waals surface area contributed by atoms with Crippen molar-refractivity contribution in [3.05, 3.63) is 41.1 Å². The fourth-order valence-electron chi connectivity index (χ4n) is 1.50. The highest BCUT2D eigenvalue weighted by molar-refractivity contribution is 5.85. The zero-order chi connectivity index (χ0) is 13.1. The molecule has 0 unspecified atom stereocenters. The van der Waals surface area contributed by atoms with Crippen LogP contribution in [-0.2, 0) is 6.54 Å². The minimum atomic E-state index is -1.07. The predicted molar refractivity (Wildman–Crippen MR) is 64.5 cm³/mol. The van der Waals surface area contributed by atoms with Gasteiger partial charge in [0.1, 0.15) is 11.5 Å². The number of aromatic carboxylic acids is 1. The zero-order valence-electron chi connectivity index (χ0n) is 10.1. The van der Waals surface area contributed by atoms with Crippen LogP contribution in [0.1, 0.15) is 27.7 Å². The summed E-state index contributed by atoms with van der Waals surface area (Å²) < 4.78 is 5.38. The standard InChI is InChI=1S/C12H13N3O3/c1-7-5-10(11(16)17)15-12(14-7)13-6-9-4-3-8(2)18-9/h3-5H,6H2,1-2H3,(H,16,17)(H,13,14,15). The Morgan fingerprint density at radius 1 is 1.39 bits per heavy atom. The van der Waals surface area contributed by atoms with Crippen LogP contribution in [0, 0.1) is 13.8 Å². The summed E-state index contributed by atoms with van der Waals surface area (Å²) >= 11 is 0. The van der Waals surface area contributed by atoms with Crippen LogP contribution in [0.4, 0.5) is 5.95 Å². The van der Waals surface area contributed by atoms with Crippen LogP contribution in [0.3, 0.4) is 0 Å². The second-order valence-electron chi connectivity index (χ2n) is 3.89. The van der Waals surface area contributed by atoms with Crippen LogP contribution in [0.5, 0.6) is 0 Å². The first-order valence-corrected chi connectivity index (χ1v) is 5.43. The Bertz CT molecular complexity index is 578. The lowest BCUT2D eigenvalue weighted by atomic mass is 10.3. The summed E-state index contributed by atoms with van der Waals surface area (Å²) in [7, 11) is 0. The van der Waals surface area contributed by atoms with E-state index in [9.17, 15) is 4.79 Å². The van der Waals surface area contributed by atoms with E-state index in [1.807, 2.05) is 19.1 Å². The van der Waals surface area contributed by atoms with Crippen molar-refractivity contribution in [1.82, 2.24) is 9.97 Å². The number of anilines is 1. The molecule has 0 aliphatic heterocycles. The summed E-state index contributed by atoms with van der Waals surface area (Å²) in [5.74, 6) is 0.775. The van der Waals surface area contributed by atoms with E-state index < -0.39 is 5.97 Å². The maximum Gasteiger partial charge on any atom is 0.354 e. The Kier molecular flexibility index (Phi) is 3.27. The highest BCUT2D eigenvalue weighted by Crippen LogP contribution is 2.10. The second-order valence-corrected chi connectivity index (χ2v) is 3.89. The number of rotatable bonds is 4. The third-order valence-corrected chi connectivity index (χ3v) is 2.29. The molecule has 0 saturated carbocycles. The molecule has 18 heavy (non-hydrogen) atoms. The molecule has 2 heterocycles. The first kappa shape index (κ1) is 12.1. The van der Waals surface area contributed by atoms with Crippen molar-refractivity contribution in [2.45, 2.75) is 20.4 Å². The number of nitrogens with zero attached hydrogens (tertiary/aromatic N) is 2. The lowest BCUT2D eigenvalue weighted by molar-refractivity contribution is 0.0690. The molecular weight excluding hydrogens is 234 g/mol. The number of aromatic nitrogens is 2. The lowest BCUT2D eigenvalue weighted by Gasteiger charge is -2.04. The van der Waals surface area contributed by atoms with Crippen molar-refractivity contribution in [3.8, 4) is 0 Å². The molecule has 0 fully saturated rings. The molecule has 6 heteroatoms. The summed E-state index contributed by atoms with van der Waals surface area (Å²) in [4.78, 5) is 18.8. The van der Waals surface area contributed by atoms with E-state index in [2.05, 4.69) is 15.3 Å². The summed E-state index contributed by atoms with van der Waals surface area (Å²) in [6, 6.07) is 5.12. The van der Waals surface area contributed by atoms with Crippen molar-refractivity contribution in [2.24, 2.45) is 0 Å². The van der Waals surface area contributed by atoms with Crippen LogP contribution in [0.2, 0.25) is 0 Å². The average molecular weight is 247 g/mol. The van der Waals surface area contributed by atoms with E-state index in [1.54, 1.807) is 6.92 Å². The highest BCUT2D eigenvalue weighted by atomic mass is 16.4. The van der Waals surface area contributed by atoms with Gasteiger partial charge in [0, 0.05) is 5.69 Å². The molecule has 0 radical (unpaired) electrons. The topological polar surface area (TPSA) is 88.2 Å². The summed E-state index contributed by atoms with van der Waals surface area (Å²) in [5, 5.41) is 11.8. The Balaban J connectivity index is 2.11. The number of hydrogen-bond acceptors (Lipinski definition) is 5. The second kappa shape index (κ2) is 4.87. The fourth-order valence-corrected chi connectivity index (χ4v) is 1.50. The molecular formula is C12H13N3O3. The Hall–Kier alpha value is -2.37. The fraction of sp³-hybridized carbons (Fsp3) is 0.250. The minimum absolute atomic E-state index is 0.0272. The van der Waals surface area contributed by atoms with E-state index in [0.717, 1.165) is 11.5 Å². The highest BCUT2D eigenvalue weighted by Gasteiger charge is 2.08. The van der Waals surface area contributed by atoms with Crippen molar-refractivity contribution in [3.63, 3.8) is 0 Å². The number of carboxylic acid groups (broad SMARTS) is 1. The molecule has 94 valence electrons. The SMILES string of the molecule is Cc1cc(C(=O)O)nc(NCc2ccc(C)o2)n1. The monoisotopic (exact) mass is 247 g/mol. The van der Waals surface area contributed by atoms with Crippen LogP contribution in [0.25, 0.3) is 0 Å². The molecule has 6 nitrogen and oxygen atoms in total. The van der Waals surface area contributed by atoms with Gasteiger partial charge in [-0.2, -0.15) is 0 Å². The van der Waals surface area contributed by atoms with Gasteiger partial charge < -0.3 is 14.8 Å². The van der Waals surface area contributed by atoms with Gasteiger partial charge in [-0.15, -0.1) is 0 Å². The third kappa shape index (κ3) is 2.85. The zero-order valence-corrected chi connectivity index (χ0v) is 10.1. The molecule has 2 rings (SSSR count). The lowest BCUT2D eigenvalue weighted by Crippen LogP contribution is -2.08. The van der Waals surface area contributed by atoms with Gasteiger partial charge in [-0.25, -0.2) is 14.8 Å². The molecule has 0 bridgehead atoms. The first-order valence-electron chi connectivity index (χ1n) is 5.43. The largest absolute Gasteiger partial charge is 0.477 e. The van der Waals surface area contributed by atoms with Crippen molar-refractivity contribution < 1.29 is 14.3 Å². The number of furan rings is 1. The summed E-state index contributed by atoms with van der Waals surface area (Å²) in [6.45, 7) is 3.99. The number of carbonyl (C=O) groups is 1. The number of carboxylic acids is 1. The Labute approximate surface area is 104 Å². The number of aryl methyl sites for hydroxylation is 2. The molecule has 0 spiro atoms. The van der Waals surface area contributed by atoms with Gasteiger partial charge in [-0.05, 0) is 32.0 Å². The maximum atomic E-state index is 10.8. The summed E-state index contributed by atoms with van der Waals surface area (Å²) in [5.41, 5.74) is 0.571. The van der Waals surface area contributed by atoms with Gasteiger partial charge in [0.2, 0.25) is 5.95 Å². The molecule has 0 amide bonds. The van der Waals surface area contributed by atoms with Crippen LogP contribution < -0.4 is 5.32 Å². The van der Waals surface area contributed by atoms with Crippen molar-refractivity contribution in [1.29, 1.82) is 0 Å². The van der Waals surface area contributed by atoms with E-state index in [4.69, 9.17) is 9.52 Å². The normalized spacial score (nSPS) is 10.3. The van der Waals surface area contributed by atoms with Crippen LogP contribution in [-0.4, -0.2) is 21.0 Å². The van der Waals surface area contributed by atoms with E-state index in [1.165, 1.54) is 6.07 Å². The van der Waals surface area contributed by atoms with E-state index in [0.29, 0.717) is 12.2 Å². The summed E-state index contributed by atoms with van der Waals surface area (Å²) in [6.07, 6.45) is 0. The molecule has 0 saturated heterocycles. The van der Waals surface area contributed by atoms with Gasteiger partial charge in [0.15, 0.2) is 5.69 Å². The van der Waals surface area contributed by atoms with Crippen molar-refractivity contribution in [2.75, 3.05) is 5.32 Å². The molecule has 0 aliphatic carbocycles. The van der Waals surface area contributed by atoms with Gasteiger partial charge >= 0.3 is 5.97 Å². The Morgan fingerprint density at radius 2 is 2.17 bits per heavy atom.